The zero-order chi connectivity index (χ0) is 18.6. The van der Waals surface area contributed by atoms with Crippen LogP contribution in [0.2, 0.25) is 0 Å². The van der Waals surface area contributed by atoms with Crippen molar-refractivity contribution in [1.29, 1.82) is 0 Å². The van der Waals surface area contributed by atoms with Crippen molar-refractivity contribution >= 4 is 5.97 Å². The first-order valence-corrected chi connectivity index (χ1v) is 10.3. The van der Waals surface area contributed by atoms with Crippen LogP contribution in [0.15, 0.2) is 0 Å². The summed E-state index contributed by atoms with van der Waals surface area (Å²) in [6.07, 6.45) is 11.7. The van der Waals surface area contributed by atoms with Crippen LogP contribution in [0, 0.1) is 23.7 Å². The molecule has 2 fully saturated rings. The highest BCUT2D eigenvalue weighted by molar-refractivity contribution is 5.66. The summed E-state index contributed by atoms with van der Waals surface area (Å²) in [7, 11) is 0. The van der Waals surface area contributed by atoms with Gasteiger partial charge in [0.25, 0.3) is 0 Å². The number of unbranched alkanes of at least 4 members (excludes halogenated alkanes) is 3. The molecule has 0 radical (unpaired) electrons. The number of rotatable bonds is 9. The topological polar surface area (TPSA) is 78.8 Å². The minimum absolute atomic E-state index is 0.0354. The fraction of sp³-hybridized carbons (Fsp3) is 0.857. The van der Waals surface area contributed by atoms with Crippen molar-refractivity contribution in [3.63, 3.8) is 0 Å². The predicted molar refractivity (Wildman–Crippen MR) is 102 cm³/mol. The molecule has 1 saturated heterocycles. The van der Waals surface area contributed by atoms with E-state index in [0.29, 0.717) is 18.1 Å². The number of hydrogen-bond acceptors (Lipinski definition) is 4. The summed E-state index contributed by atoms with van der Waals surface area (Å²) in [5.74, 6) is 6.38. The highest BCUT2D eigenvalue weighted by Gasteiger charge is 2.30. The number of aliphatic carboxylic acids is 1. The number of aliphatic hydroxyl groups is 1. The fourth-order valence-electron chi connectivity index (χ4n) is 4.23. The Labute approximate surface area is 157 Å². The molecule has 2 unspecified atom stereocenters. The van der Waals surface area contributed by atoms with Crippen molar-refractivity contribution in [3.8, 4) is 11.8 Å². The smallest absolute Gasteiger partial charge is 0.303 e. The van der Waals surface area contributed by atoms with Crippen LogP contribution in [0.4, 0.5) is 0 Å². The molecule has 0 bridgehead atoms. The van der Waals surface area contributed by atoms with Crippen LogP contribution in [0.25, 0.3) is 0 Å². The molecular weight excluding hydrogens is 330 g/mol. The SMILES string of the molecule is O=C(O)CCCCCCOC1CCC(C2CCC(C#CCO)CN2)CC1. The number of nitrogens with one attached hydrogen (secondary N) is 1. The van der Waals surface area contributed by atoms with E-state index in [-0.39, 0.29) is 13.0 Å². The van der Waals surface area contributed by atoms with E-state index in [0.717, 1.165) is 64.0 Å². The minimum atomic E-state index is -0.695. The Hall–Kier alpha value is -1.09. The van der Waals surface area contributed by atoms with Gasteiger partial charge in [0.05, 0.1) is 6.10 Å². The molecule has 0 aromatic rings. The number of aliphatic hydroxyl groups excluding tert-OH is 1. The Kier molecular flexibility index (Phi) is 10.1. The molecule has 5 nitrogen and oxygen atoms in total. The number of hydrogen-bond donors (Lipinski definition) is 3. The molecule has 1 aliphatic heterocycles. The van der Waals surface area contributed by atoms with E-state index in [9.17, 15) is 4.79 Å². The van der Waals surface area contributed by atoms with Crippen LogP contribution in [0.3, 0.4) is 0 Å². The van der Waals surface area contributed by atoms with Crippen LogP contribution in [-0.2, 0) is 9.53 Å². The summed E-state index contributed by atoms with van der Waals surface area (Å²) >= 11 is 0. The van der Waals surface area contributed by atoms with E-state index in [2.05, 4.69) is 17.2 Å². The van der Waals surface area contributed by atoms with Crippen LogP contribution in [0.1, 0.15) is 70.6 Å². The van der Waals surface area contributed by atoms with Gasteiger partial charge in [-0.2, -0.15) is 0 Å². The zero-order valence-corrected chi connectivity index (χ0v) is 15.9. The van der Waals surface area contributed by atoms with Crippen LogP contribution >= 0.6 is 0 Å². The second kappa shape index (κ2) is 12.3. The van der Waals surface area contributed by atoms with Gasteiger partial charge < -0.3 is 20.3 Å². The Morgan fingerprint density at radius 1 is 1.04 bits per heavy atom. The summed E-state index contributed by atoms with van der Waals surface area (Å²) in [5.41, 5.74) is 0. The lowest BCUT2D eigenvalue weighted by Gasteiger charge is -2.37. The van der Waals surface area contributed by atoms with E-state index in [4.69, 9.17) is 14.9 Å². The van der Waals surface area contributed by atoms with Gasteiger partial charge >= 0.3 is 5.97 Å². The minimum Gasteiger partial charge on any atom is -0.481 e. The predicted octanol–water partition coefficient (Wildman–Crippen LogP) is 2.96. The lowest BCUT2D eigenvalue weighted by atomic mass is 9.78. The lowest BCUT2D eigenvalue weighted by molar-refractivity contribution is -0.137. The molecule has 0 amide bonds. The molecule has 2 atom stereocenters. The van der Waals surface area contributed by atoms with Crippen LogP contribution < -0.4 is 5.32 Å². The molecule has 2 rings (SSSR count). The Morgan fingerprint density at radius 2 is 1.81 bits per heavy atom. The molecule has 2 aliphatic rings. The molecular formula is C21H35NO4. The van der Waals surface area contributed by atoms with Gasteiger partial charge in [0.2, 0.25) is 0 Å². The van der Waals surface area contributed by atoms with Crippen molar-refractivity contribution in [2.75, 3.05) is 19.8 Å². The van der Waals surface area contributed by atoms with Gasteiger partial charge in [-0.25, -0.2) is 0 Å². The van der Waals surface area contributed by atoms with Crippen LogP contribution in [-0.4, -0.2) is 48.1 Å². The first-order valence-electron chi connectivity index (χ1n) is 10.3. The maximum atomic E-state index is 10.4. The Balaban J connectivity index is 1.51. The molecule has 0 spiro atoms. The quantitative estimate of drug-likeness (QED) is 0.432. The van der Waals surface area contributed by atoms with E-state index in [1.807, 2.05) is 0 Å². The first kappa shape index (κ1) is 21.2. The first-order chi connectivity index (χ1) is 12.7. The third-order valence-corrected chi connectivity index (χ3v) is 5.76. The normalized spacial score (nSPS) is 29.0. The van der Waals surface area contributed by atoms with Crippen molar-refractivity contribution in [2.45, 2.75) is 82.8 Å². The summed E-state index contributed by atoms with van der Waals surface area (Å²) in [4.78, 5) is 10.4. The highest BCUT2D eigenvalue weighted by Crippen LogP contribution is 2.32. The maximum absolute atomic E-state index is 10.4. The summed E-state index contributed by atoms with van der Waals surface area (Å²) in [6, 6.07) is 0.623. The number of carbonyl (C=O) groups is 1. The molecule has 148 valence electrons. The largest absolute Gasteiger partial charge is 0.481 e. The highest BCUT2D eigenvalue weighted by atomic mass is 16.5. The molecule has 26 heavy (non-hydrogen) atoms. The Morgan fingerprint density at radius 3 is 2.46 bits per heavy atom. The average molecular weight is 366 g/mol. The van der Waals surface area contributed by atoms with Gasteiger partial charge in [0.15, 0.2) is 0 Å². The molecule has 1 aliphatic carbocycles. The van der Waals surface area contributed by atoms with E-state index < -0.39 is 5.97 Å². The van der Waals surface area contributed by atoms with Gasteiger partial charge in [-0.05, 0) is 57.3 Å². The maximum Gasteiger partial charge on any atom is 0.303 e. The molecule has 0 aromatic carbocycles. The van der Waals surface area contributed by atoms with E-state index in [1.165, 1.54) is 19.3 Å². The third kappa shape index (κ3) is 8.07. The number of piperidine rings is 1. The van der Waals surface area contributed by atoms with E-state index in [1.54, 1.807) is 0 Å². The van der Waals surface area contributed by atoms with Gasteiger partial charge in [-0.1, -0.05) is 24.7 Å². The van der Waals surface area contributed by atoms with Crippen LogP contribution in [0.5, 0.6) is 0 Å². The number of carboxylic acid groups (broad SMARTS) is 1. The van der Waals surface area contributed by atoms with Gasteiger partial charge in [-0.15, -0.1) is 0 Å². The zero-order valence-electron chi connectivity index (χ0n) is 15.9. The summed E-state index contributed by atoms with van der Waals surface area (Å²) < 4.78 is 6.03. The standard InChI is InChI=1S/C21H35NO4/c23-14-5-6-17-8-13-20(22-16-17)18-9-11-19(12-10-18)26-15-4-2-1-3-7-21(24)25/h17-20,22-23H,1-4,7-16H2,(H,24,25). The molecule has 0 aromatic heterocycles. The van der Waals surface area contributed by atoms with E-state index >= 15 is 0 Å². The fourth-order valence-corrected chi connectivity index (χ4v) is 4.23. The van der Waals surface area contributed by atoms with Crippen molar-refractivity contribution in [2.24, 2.45) is 11.8 Å². The molecule has 5 heteroatoms. The van der Waals surface area contributed by atoms with Crippen molar-refractivity contribution in [1.82, 2.24) is 5.32 Å². The molecule has 3 N–H and O–H groups in total. The van der Waals surface area contributed by atoms with Crippen molar-refractivity contribution < 1.29 is 19.7 Å². The number of ether oxygens (including phenoxy) is 1. The summed E-state index contributed by atoms with van der Waals surface area (Å²) in [6.45, 7) is 1.73. The van der Waals surface area contributed by atoms with Gasteiger partial charge in [0.1, 0.15) is 6.61 Å². The van der Waals surface area contributed by atoms with Gasteiger partial charge in [-0.3, -0.25) is 4.79 Å². The number of carboxylic acids is 1. The molecule has 1 heterocycles. The third-order valence-electron chi connectivity index (χ3n) is 5.76. The second-order valence-electron chi connectivity index (χ2n) is 7.73. The average Bonchev–Trinajstić information content (AvgIpc) is 2.66. The van der Waals surface area contributed by atoms with Gasteiger partial charge in [0, 0.05) is 31.5 Å². The monoisotopic (exact) mass is 365 g/mol. The Bertz CT molecular complexity index is 454. The summed E-state index contributed by atoms with van der Waals surface area (Å²) in [5, 5.41) is 21.1. The second-order valence-corrected chi connectivity index (χ2v) is 7.73. The lowest BCUT2D eigenvalue weighted by Crippen LogP contribution is -2.44. The van der Waals surface area contributed by atoms with Crippen molar-refractivity contribution in [3.05, 3.63) is 0 Å². The molecule has 1 saturated carbocycles.